The van der Waals surface area contributed by atoms with Crippen molar-refractivity contribution in [2.75, 3.05) is 12.4 Å². The number of thiophene rings is 1. The lowest BCUT2D eigenvalue weighted by molar-refractivity contribution is -0.118. The van der Waals surface area contributed by atoms with E-state index in [1.54, 1.807) is 0 Å². The average molecular weight is 267 g/mol. The molecule has 0 fully saturated rings. The molecule has 4 nitrogen and oxygen atoms in total. The number of carbonyl (C=O) groups is 2. The number of nitrogens with one attached hydrogen (secondary N) is 1. The molecule has 0 radical (unpaired) electrons. The van der Waals surface area contributed by atoms with Crippen molar-refractivity contribution in [3.05, 3.63) is 16.0 Å². The zero-order chi connectivity index (χ0) is 13.3. The molecule has 0 aliphatic heterocycles. The molecule has 0 atom stereocenters. The number of fused-ring (bicyclic) bond motifs is 1. The van der Waals surface area contributed by atoms with Gasteiger partial charge in [-0.1, -0.05) is 13.8 Å². The van der Waals surface area contributed by atoms with Crippen LogP contribution in [-0.2, 0) is 22.4 Å². The molecule has 18 heavy (non-hydrogen) atoms. The number of methoxy groups -OCH3 is 1. The smallest absolute Gasteiger partial charge is 0.341 e. The molecule has 1 aromatic rings. The van der Waals surface area contributed by atoms with E-state index in [1.807, 2.05) is 13.8 Å². The highest BCUT2D eigenvalue weighted by molar-refractivity contribution is 7.17. The molecule has 0 aromatic carbocycles. The van der Waals surface area contributed by atoms with Crippen LogP contribution in [-0.4, -0.2) is 19.0 Å². The van der Waals surface area contributed by atoms with Gasteiger partial charge in [-0.15, -0.1) is 11.3 Å². The summed E-state index contributed by atoms with van der Waals surface area (Å²) in [6.45, 7) is 3.66. The van der Waals surface area contributed by atoms with Crippen LogP contribution < -0.4 is 5.32 Å². The second kappa shape index (κ2) is 5.10. The summed E-state index contributed by atoms with van der Waals surface area (Å²) in [4.78, 5) is 24.8. The molecule has 98 valence electrons. The van der Waals surface area contributed by atoms with Crippen LogP contribution in [0.25, 0.3) is 0 Å². The van der Waals surface area contributed by atoms with Crippen molar-refractivity contribution in [3.63, 3.8) is 0 Å². The summed E-state index contributed by atoms with van der Waals surface area (Å²) in [6.07, 6.45) is 2.96. The van der Waals surface area contributed by atoms with E-state index in [4.69, 9.17) is 4.74 Å². The molecule has 5 heteroatoms. The monoisotopic (exact) mass is 267 g/mol. The topological polar surface area (TPSA) is 55.4 Å². The minimum Gasteiger partial charge on any atom is -0.465 e. The van der Waals surface area contributed by atoms with E-state index in [1.165, 1.54) is 23.3 Å². The maximum absolute atomic E-state index is 11.8. The van der Waals surface area contributed by atoms with Crippen LogP contribution in [0.2, 0.25) is 0 Å². The van der Waals surface area contributed by atoms with Crippen molar-refractivity contribution in [2.24, 2.45) is 5.92 Å². The van der Waals surface area contributed by atoms with Crippen LogP contribution >= 0.6 is 11.3 Å². The highest BCUT2D eigenvalue weighted by atomic mass is 32.1. The molecule has 0 unspecified atom stereocenters. The fraction of sp³-hybridized carbons (Fsp3) is 0.538. The van der Waals surface area contributed by atoms with Gasteiger partial charge in [0, 0.05) is 10.8 Å². The van der Waals surface area contributed by atoms with Crippen molar-refractivity contribution in [1.29, 1.82) is 0 Å². The van der Waals surface area contributed by atoms with Crippen LogP contribution in [0.15, 0.2) is 0 Å². The number of anilines is 1. The number of esters is 1. The lowest BCUT2D eigenvalue weighted by atomic mass is 10.1. The fourth-order valence-electron chi connectivity index (χ4n) is 2.07. The van der Waals surface area contributed by atoms with Gasteiger partial charge in [0.15, 0.2) is 0 Å². The SMILES string of the molecule is COC(=O)c1c(NC(=O)C(C)C)sc2c1CCC2. The van der Waals surface area contributed by atoms with Gasteiger partial charge in [0.05, 0.1) is 12.7 Å². The first-order valence-electron chi connectivity index (χ1n) is 6.08. The van der Waals surface area contributed by atoms with Crippen LogP contribution in [0, 0.1) is 5.92 Å². The summed E-state index contributed by atoms with van der Waals surface area (Å²) in [5.74, 6) is -0.527. The predicted octanol–water partition coefficient (Wildman–Crippen LogP) is 2.62. The van der Waals surface area contributed by atoms with Gasteiger partial charge < -0.3 is 10.1 Å². The minimum atomic E-state index is -0.353. The Balaban J connectivity index is 2.35. The molecule has 1 heterocycles. The third kappa shape index (κ3) is 2.27. The summed E-state index contributed by atoms with van der Waals surface area (Å²) in [7, 11) is 1.37. The number of aryl methyl sites for hydroxylation is 1. The maximum Gasteiger partial charge on any atom is 0.341 e. The zero-order valence-electron chi connectivity index (χ0n) is 10.8. The number of hydrogen-bond acceptors (Lipinski definition) is 4. The quantitative estimate of drug-likeness (QED) is 0.856. The molecule has 1 aromatic heterocycles. The van der Waals surface area contributed by atoms with Gasteiger partial charge in [0.2, 0.25) is 5.91 Å². The molecule has 0 bridgehead atoms. The number of hydrogen-bond donors (Lipinski definition) is 1. The van der Waals surface area contributed by atoms with Gasteiger partial charge in [-0.25, -0.2) is 4.79 Å². The van der Waals surface area contributed by atoms with Gasteiger partial charge in [-0.3, -0.25) is 4.79 Å². The average Bonchev–Trinajstić information content (AvgIpc) is 2.87. The first kappa shape index (κ1) is 13.1. The molecule has 0 saturated heterocycles. The summed E-state index contributed by atoms with van der Waals surface area (Å²) in [5.41, 5.74) is 1.62. The van der Waals surface area contributed by atoms with Gasteiger partial charge >= 0.3 is 5.97 Å². The summed E-state index contributed by atoms with van der Waals surface area (Å²) in [5, 5.41) is 3.48. The zero-order valence-corrected chi connectivity index (χ0v) is 11.6. The van der Waals surface area contributed by atoms with Crippen molar-refractivity contribution in [3.8, 4) is 0 Å². The maximum atomic E-state index is 11.8. The summed E-state index contributed by atoms with van der Waals surface area (Å²) >= 11 is 1.51. The Morgan fingerprint density at radius 1 is 1.33 bits per heavy atom. The largest absolute Gasteiger partial charge is 0.465 e. The first-order valence-corrected chi connectivity index (χ1v) is 6.90. The lowest BCUT2D eigenvalue weighted by Gasteiger charge is -2.08. The van der Waals surface area contributed by atoms with E-state index in [-0.39, 0.29) is 17.8 Å². The Bertz CT molecular complexity index is 491. The number of carbonyl (C=O) groups excluding carboxylic acids is 2. The predicted molar refractivity (Wildman–Crippen MR) is 71.2 cm³/mol. The van der Waals surface area contributed by atoms with Gasteiger partial charge in [0.1, 0.15) is 5.00 Å². The van der Waals surface area contributed by atoms with Crippen LogP contribution in [0.3, 0.4) is 0 Å². The van der Waals surface area contributed by atoms with Crippen molar-refractivity contribution in [1.82, 2.24) is 0 Å². The van der Waals surface area contributed by atoms with Crippen LogP contribution in [0.1, 0.15) is 41.1 Å². The van der Waals surface area contributed by atoms with Crippen molar-refractivity contribution < 1.29 is 14.3 Å². The van der Waals surface area contributed by atoms with E-state index in [0.29, 0.717) is 10.6 Å². The van der Waals surface area contributed by atoms with E-state index < -0.39 is 0 Å². The van der Waals surface area contributed by atoms with Gasteiger partial charge in [0.25, 0.3) is 0 Å². The molecule has 1 N–H and O–H groups in total. The molecule has 1 aliphatic carbocycles. The molecule has 0 spiro atoms. The van der Waals surface area contributed by atoms with E-state index in [0.717, 1.165) is 24.8 Å². The number of rotatable bonds is 3. The van der Waals surface area contributed by atoms with Crippen molar-refractivity contribution >= 4 is 28.2 Å². The third-order valence-electron chi connectivity index (χ3n) is 3.07. The normalized spacial score (nSPS) is 13.6. The van der Waals surface area contributed by atoms with Crippen LogP contribution in [0.4, 0.5) is 5.00 Å². The molecular weight excluding hydrogens is 250 g/mol. The number of amides is 1. The minimum absolute atomic E-state index is 0.0694. The molecule has 0 saturated carbocycles. The first-order chi connectivity index (χ1) is 8.54. The molecule has 1 amide bonds. The van der Waals surface area contributed by atoms with Gasteiger partial charge in [-0.2, -0.15) is 0 Å². The third-order valence-corrected chi connectivity index (χ3v) is 4.28. The van der Waals surface area contributed by atoms with Gasteiger partial charge in [-0.05, 0) is 24.8 Å². The molecular formula is C13H17NO3S. The summed E-state index contributed by atoms with van der Waals surface area (Å²) in [6, 6.07) is 0. The Morgan fingerprint density at radius 3 is 2.67 bits per heavy atom. The highest BCUT2D eigenvalue weighted by Gasteiger charge is 2.28. The second-order valence-electron chi connectivity index (χ2n) is 4.70. The standard InChI is InChI=1S/C13H17NO3S/c1-7(2)11(15)14-12-10(13(16)17-3)8-5-4-6-9(8)18-12/h7H,4-6H2,1-3H3,(H,14,15). The highest BCUT2D eigenvalue weighted by Crippen LogP contribution is 2.39. The number of ether oxygens (including phenoxy) is 1. The molecule has 1 aliphatic rings. The van der Waals surface area contributed by atoms with E-state index in [9.17, 15) is 9.59 Å². The Kier molecular flexibility index (Phi) is 3.71. The van der Waals surface area contributed by atoms with E-state index in [2.05, 4.69) is 5.32 Å². The lowest BCUT2D eigenvalue weighted by Crippen LogP contribution is -2.19. The Hall–Kier alpha value is -1.36. The second-order valence-corrected chi connectivity index (χ2v) is 5.80. The van der Waals surface area contributed by atoms with Crippen molar-refractivity contribution in [2.45, 2.75) is 33.1 Å². The molecule has 2 rings (SSSR count). The van der Waals surface area contributed by atoms with E-state index >= 15 is 0 Å². The Labute approximate surface area is 110 Å². The summed E-state index contributed by atoms with van der Waals surface area (Å²) < 4.78 is 4.82. The Morgan fingerprint density at radius 2 is 2.06 bits per heavy atom. The fourth-order valence-corrected chi connectivity index (χ4v) is 3.35. The van der Waals surface area contributed by atoms with Crippen LogP contribution in [0.5, 0.6) is 0 Å².